The van der Waals surface area contributed by atoms with Gasteiger partial charge in [-0.25, -0.2) is 4.98 Å². The van der Waals surface area contributed by atoms with Crippen molar-refractivity contribution in [3.8, 4) is 0 Å². The molecule has 0 fully saturated rings. The first-order chi connectivity index (χ1) is 9.01. The average Bonchev–Trinajstić information content (AvgIpc) is 2.35. The molecule has 0 bridgehead atoms. The quantitative estimate of drug-likeness (QED) is 0.603. The molecule has 7 nitrogen and oxygen atoms in total. The van der Waals surface area contributed by atoms with Gasteiger partial charge in [0, 0.05) is 20.1 Å². The summed E-state index contributed by atoms with van der Waals surface area (Å²) in [6.45, 7) is 7.06. The molecular formula is C12H21N5O2. The summed E-state index contributed by atoms with van der Waals surface area (Å²) in [6.07, 6.45) is 2.00. The second-order valence-electron chi connectivity index (χ2n) is 4.37. The van der Waals surface area contributed by atoms with E-state index in [2.05, 4.69) is 22.2 Å². The average molecular weight is 267 g/mol. The molecule has 0 atom stereocenters. The molecule has 0 amide bonds. The molecule has 0 spiro atoms. The molecule has 0 radical (unpaired) electrons. The molecule has 0 aliphatic heterocycles. The highest BCUT2D eigenvalue weighted by Crippen LogP contribution is 2.29. The lowest BCUT2D eigenvalue weighted by atomic mass is 10.3. The molecule has 1 rings (SSSR count). The van der Waals surface area contributed by atoms with Gasteiger partial charge in [0.15, 0.2) is 0 Å². The van der Waals surface area contributed by atoms with Gasteiger partial charge in [0.25, 0.3) is 0 Å². The van der Waals surface area contributed by atoms with Crippen molar-refractivity contribution < 1.29 is 4.92 Å². The van der Waals surface area contributed by atoms with Gasteiger partial charge in [0.05, 0.1) is 4.92 Å². The van der Waals surface area contributed by atoms with Crippen LogP contribution in [0.3, 0.4) is 0 Å². The van der Waals surface area contributed by atoms with Gasteiger partial charge in [-0.3, -0.25) is 10.1 Å². The summed E-state index contributed by atoms with van der Waals surface area (Å²) in [5, 5.41) is 14.2. The highest BCUT2D eigenvalue weighted by Gasteiger charge is 2.24. The molecule has 0 aromatic carbocycles. The van der Waals surface area contributed by atoms with Crippen molar-refractivity contribution in [3.63, 3.8) is 0 Å². The van der Waals surface area contributed by atoms with Crippen LogP contribution in [0, 0.1) is 17.0 Å². The molecule has 1 heterocycles. The molecule has 0 aliphatic rings. The Bertz CT molecular complexity index is 450. The molecule has 0 unspecified atom stereocenters. The minimum absolute atomic E-state index is 0.0137. The van der Waals surface area contributed by atoms with Crippen LogP contribution in [0.25, 0.3) is 0 Å². The number of hydrogen-bond donors (Lipinski definition) is 1. The number of hydrogen-bond acceptors (Lipinski definition) is 6. The third-order valence-electron chi connectivity index (χ3n) is 2.77. The molecule has 106 valence electrons. The zero-order chi connectivity index (χ0) is 14.4. The van der Waals surface area contributed by atoms with Gasteiger partial charge in [-0.05, 0) is 20.3 Å². The van der Waals surface area contributed by atoms with Crippen molar-refractivity contribution in [1.29, 1.82) is 0 Å². The molecule has 0 saturated carbocycles. The number of nitrogens with zero attached hydrogens (tertiary/aromatic N) is 4. The minimum atomic E-state index is -0.414. The molecular weight excluding hydrogens is 246 g/mol. The van der Waals surface area contributed by atoms with E-state index in [1.807, 2.05) is 18.9 Å². The van der Waals surface area contributed by atoms with Gasteiger partial charge >= 0.3 is 5.69 Å². The largest absolute Gasteiger partial charge is 0.354 e. The van der Waals surface area contributed by atoms with Crippen LogP contribution in [0.4, 0.5) is 17.5 Å². The van der Waals surface area contributed by atoms with Crippen molar-refractivity contribution in [3.05, 3.63) is 15.8 Å². The van der Waals surface area contributed by atoms with Gasteiger partial charge in [-0.1, -0.05) is 13.3 Å². The van der Waals surface area contributed by atoms with Gasteiger partial charge in [-0.15, -0.1) is 0 Å². The molecule has 19 heavy (non-hydrogen) atoms. The van der Waals surface area contributed by atoms with E-state index in [-0.39, 0.29) is 5.69 Å². The Kier molecular flexibility index (Phi) is 5.47. The smallest absolute Gasteiger partial charge is 0.332 e. The summed E-state index contributed by atoms with van der Waals surface area (Å²) in [6, 6.07) is 0. The van der Waals surface area contributed by atoms with Crippen molar-refractivity contribution in [2.75, 3.05) is 30.4 Å². The molecule has 1 N–H and O–H groups in total. The zero-order valence-electron chi connectivity index (χ0n) is 11.9. The van der Waals surface area contributed by atoms with E-state index >= 15 is 0 Å². The highest BCUT2D eigenvalue weighted by atomic mass is 16.6. The Morgan fingerprint density at radius 1 is 1.37 bits per heavy atom. The third kappa shape index (κ3) is 3.77. The molecule has 0 saturated heterocycles. The summed E-state index contributed by atoms with van der Waals surface area (Å²) < 4.78 is 0. The predicted molar refractivity (Wildman–Crippen MR) is 75.8 cm³/mol. The topological polar surface area (TPSA) is 84.2 Å². The van der Waals surface area contributed by atoms with Crippen molar-refractivity contribution in [2.45, 2.75) is 33.6 Å². The van der Waals surface area contributed by atoms with E-state index in [1.165, 1.54) is 0 Å². The van der Waals surface area contributed by atoms with Gasteiger partial charge < -0.3 is 10.2 Å². The van der Waals surface area contributed by atoms with Crippen molar-refractivity contribution in [2.24, 2.45) is 0 Å². The summed E-state index contributed by atoms with van der Waals surface area (Å²) in [5.74, 6) is 0.811. The number of rotatable bonds is 7. The Labute approximate surface area is 113 Å². The number of nitro groups is 1. The molecule has 1 aromatic heterocycles. The van der Waals surface area contributed by atoms with E-state index in [1.54, 1.807) is 6.92 Å². The van der Waals surface area contributed by atoms with E-state index in [0.717, 1.165) is 19.4 Å². The maximum atomic E-state index is 11.2. The molecule has 7 heteroatoms. The van der Waals surface area contributed by atoms with E-state index in [9.17, 15) is 10.1 Å². The predicted octanol–water partition coefficient (Wildman–Crippen LogP) is 2.36. The number of nitrogens with one attached hydrogen (secondary N) is 1. The lowest BCUT2D eigenvalue weighted by Gasteiger charge is -2.18. The van der Waals surface area contributed by atoms with Crippen molar-refractivity contribution >= 4 is 17.5 Å². The summed E-state index contributed by atoms with van der Waals surface area (Å²) in [4.78, 5) is 20.9. The van der Waals surface area contributed by atoms with Gasteiger partial charge in [0.1, 0.15) is 5.69 Å². The van der Waals surface area contributed by atoms with Crippen LogP contribution >= 0.6 is 0 Å². The first-order valence-corrected chi connectivity index (χ1v) is 6.49. The third-order valence-corrected chi connectivity index (χ3v) is 2.77. The fraction of sp³-hybridized carbons (Fsp3) is 0.667. The van der Waals surface area contributed by atoms with E-state index in [4.69, 9.17) is 0 Å². The van der Waals surface area contributed by atoms with Crippen molar-refractivity contribution in [1.82, 2.24) is 9.97 Å². The Morgan fingerprint density at radius 2 is 2.05 bits per heavy atom. The van der Waals surface area contributed by atoms with Crippen LogP contribution in [-0.2, 0) is 0 Å². The maximum absolute atomic E-state index is 11.2. The van der Waals surface area contributed by atoms with Crippen LogP contribution in [0.2, 0.25) is 0 Å². The van der Waals surface area contributed by atoms with E-state index in [0.29, 0.717) is 24.0 Å². The number of aryl methyl sites for hydroxylation is 1. The fourth-order valence-corrected chi connectivity index (χ4v) is 1.77. The fourth-order valence-electron chi connectivity index (χ4n) is 1.77. The highest BCUT2D eigenvalue weighted by molar-refractivity contribution is 5.62. The monoisotopic (exact) mass is 267 g/mol. The summed E-state index contributed by atoms with van der Waals surface area (Å²) in [7, 11) is 1.82. The number of unbranched alkanes of at least 4 members (excludes halogenated alkanes) is 1. The lowest BCUT2D eigenvalue weighted by Crippen LogP contribution is -2.22. The van der Waals surface area contributed by atoms with Crippen LogP contribution in [0.15, 0.2) is 0 Å². The first kappa shape index (κ1) is 15.1. The minimum Gasteiger partial charge on any atom is -0.354 e. The first-order valence-electron chi connectivity index (χ1n) is 6.49. The van der Waals surface area contributed by atoms with Crippen LogP contribution in [0.5, 0.6) is 0 Å². The zero-order valence-corrected chi connectivity index (χ0v) is 11.9. The summed E-state index contributed by atoms with van der Waals surface area (Å²) >= 11 is 0. The van der Waals surface area contributed by atoms with Crippen LogP contribution < -0.4 is 10.2 Å². The number of aromatic nitrogens is 2. The molecule has 0 aliphatic carbocycles. The van der Waals surface area contributed by atoms with Crippen LogP contribution in [-0.4, -0.2) is 35.0 Å². The second kappa shape index (κ2) is 6.86. The van der Waals surface area contributed by atoms with E-state index < -0.39 is 4.92 Å². The lowest BCUT2D eigenvalue weighted by molar-refractivity contribution is -0.385. The Balaban J connectivity index is 3.19. The number of anilines is 2. The maximum Gasteiger partial charge on any atom is 0.332 e. The molecule has 1 aromatic rings. The Morgan fingerprint density at radius 3 is 2.58 bits per heavy atom. The van der Waals surface area contributed by atoms with Gasteiger partial charge in [0.2, 0.25) is 11.8 Å². The van der Waals surface area contributed by atoms with Crippen LogP contribution in [0.1, 0.15) is 32.4 Å². The second-order valence-corrected chi connectivity index (χ2v) is 4.37. The normalized spacial score (nSPS) is 10.3. The Hall–Kier alpha value is -1.92. The van der Waals surface area contributed by atoms with Gasteiger partial charge in [-0.2, -0.15) is 4.98 Å². The standard InChI is InChI=1S/C12H21N5O2/c1-5-7-8-16(4)11-10(17(18)19)9(3)14-12(15-11)13-6-2/h5-8H2,1-4H3,(H,13,14,15). The SMILES string of the molecule is CCCCN(C)c1nc(NCC)nc(C)c1[N+](=O)[O-]. The summed E-state index contributed by atoms with van der Waals surface area (Å²) in [5.41, 5.74) is 0.370.